The van der Waals surface area contributed by atoms with Crippen LogP contribution in [0, 0.1) is 0 Å². The van der Waals surface area contributed by atoms with E-state index in [1.165, 1.54) is 5.56 Å². The molecule has 0 aromatic carbocycles. The number of nitrogens with zero attached hydrogens (tertiary/aromatic N) is 2. The SMILES string of the molecule is CC(CN)c1ccc2c(Cl)ncn2c1. The van der Waals surface area contributed by atoms with Crippen LogP contribution in [0.25, 0.3) is 5.52 Å². The van der Waals surface area contributed by atoms with Crippen LogP contribution >= 0.6 is 11.6 Å². The molecular weight excluding hydrogens is 198 g/mol. The molecule has 3 nitrogen and oxygen atoms in total. The fourth-order valence-electron chi connectivity index (χ4n) is 1.41. The topological polar surface area (TPSA) is 43.3 Å². The molecule has 14 heavy (non-hydrogen) atoms. The largest absolute Gasteiger partial charge is 0.330 e. The van der Waals surface area contributed by atoms with Crippen molar-refractivity contribution in [2.75, 3.05) is 6.54 Å². The van der Waals surface area contributed by atoms with Gasteiger partial charge < -0.3 is 10.1 Å². The smallest absolute Gasteiger partial charge is 0.154 e. The molecular formula is C10H12ClN3. The lowest BCUT2D eigenvalue weighted by atomic mass is 10.0. The van der Waals surface area contributed by atoms with E-state index in [-0.39, 0.29) is 0 Å². The van der Waals surface area contributed by atoms with E-state index in [0.29, 0.717) is 17.6 Å². The van der Waals surface area contributed by atoms with Crippen LogP contribution in [0.5, 0.6) is 0 Å². The molecule has 74 valence electrons. The number of aromatic nitrogens is 2. The zero-order chi connectivity index (χ0) is 10.1. The number of imidazole rings is 1. The fourth-order valence-corrected chi connectivity index (χ4v) is 1.62. The van der Waals surface area contributed by atoms with Gasteiger partial charge >= 0.3 is 0 Å². The summed E-state index contributed by atoms with van der Waals surface area (Å²) in [4.78, 5) is 4.02. The van der Waals surface area contributed by atoms with Gasteiger partial charge in [0.1, 0.15) is 6.33 Å². The van der Waals surface area contributed by atoms with Crippen molar-refractivity contribution >= 4 is 17.1 Å². The second kappa shape index (κ2) is 3.59. The molecule has 0 aliphatic carbocycles. The maximum absolute atomic E-state index is 5.88. The summed E-state index contributed by atoms with van der Waals surface area (Å²) in [6, 6.07) is 4.01. The Morgan fingerprint density at radius 3 is 3.07 bits per heavy atom. The number of halogens is 1. The fraction of sp³-hybridized carbons (Fsp3) is 0.300. The second-order valence-corrected chi connectivity index (χ2v) is 3.79. The van der Waals surface area contributed by atoms with E-state index in [1.807, 2.05) is 22.7 Å². The lowest BCUT2D eigenvalue weighted by molar-refractivity contribution is 0.767. The first-order valence-corrected chi connectivity index (χ1v) is 4.92. The number of hydrogen-bond acceptors (Lipinski definition) is 2. The number of hydrogen-bond donors (Lipinski definition) is 1. The Bertz CT molecular complexity index is 450. The summed E-state index contributed by atoms with van der Waals surface area (Å²) in [6.07, 6.45) is 3.73. The molecule has 2 aromatic rings. The van der Waals surface area contributed by atoms with Gasteiger partial charge in [0.15, 0.2) is 5.15 Å². The Kier molecular flexibility index (Phi) is 2.44. The summed E-state index contributed by atoms with van der Waals surface area (Å²) in [5.41, 5.74) is 7.74. The number of pyridine rings is 1. The average molecular weight is 210 g/mol. The van der Waals surface area contributed by atoms with Gasteiger partial charge in [-0.25, -0.2) is 4.98 Å². The van der Waals surface area contributed by atoms with E-state index in [9.17, 15) is 0 Å². The Morgan fingerprint density at radius 2 is 2.36 bits per heavy atom. The predicted octanol–water partition coefficient (Wildman–Crippen LogP) is 2.05. The van der Waals surface area contributed by atoms with Crippen LogP contribution in [0.2, 0.25) is 5.15 Å². The van der Waals surface area contributed by atoms with Crippen molar-refractivity contribution < 1.29 is 0 Å². The van der Waals surface area contributed by atoms with Crippen LogP contribution in [0.15, 0.2) is 24.7 Å². The molecule has 0 amide bonds. The summed E-state index contributed by atoms with van der Waals surface area (Å²) < 4.78 is 1.92. The summed E-state index contributed by atoms with van der Waals surface area (Å²) in [5.74, 6) is 0.362. The van der Waals surface area contributed by atoms with Crippen molar-refractivity contribution in [1.29, 1.82) is 0 Å². The first-order valence-electron chi connectivity index (χ1n) is 4.54. The first kappa shape index (κ1) is 9.49. The van der Waals surface area contributed by atoms with Crippen LogP contribution < -0.4 is 5.73 Å². The maximum Gasteiger partial charge on any atom is 0.154 e. The van der Waals surface area contributed by atoms with Crippen molar-refractivity contribution in [3.63, 3.8) is 0 Å². The van der Waals surface area contributed by atoms with Crippen LogP contribution in [-0.2, 0) is 0 Å². The van der Waals surface area contributed by atoms with E-state index in [1.54, 1.807) is 6.33 Å². The van der Waals surface area contributed by atoms with Crippen molar-refractivity contribution in [2.24, 2.45) is 5.73 Å². The van der Waals surface area contributed by atoms with Crippen molar-refractivity contribution in [3.8, 4) is 0 Å². The zero-order valence-electron chi connectivity index (χ0n) is 7.94. The number of fused-ring (bicyclic) bond motifs is 1. The maximum atomic E-state index is 5.88. The van der Waals surface area contributed by atoms with Gasteiger partial charge in [-0.1, -0.05) is 24.6 Å². The minimum atomic E-state index is 0.362. The number of nitrogens with two attached hydrogens (primary N) is 1. The molecule has 0 spiro atoms. The van der Waals surface area contributed by atoms with E-state index in [4.69, 9.17) is 17.3 Å². The molecule has 2 aromatic heterocycles. The monoisotopic (exact) mass is 209 g/mol. The molecule has 4 heteroatoms. The van der Waals surface area contributed by atoms with E-state index in [0.717, 1.165) is 5.52 Å². The van der Waals surface area contributed by atoms with Gasteiger partial charge in [-0.3, -0.25) is 0 Å². The highest BCUT2D eigenvalue weighted by Gasteiger charge is 2.06. The van der Waals surface area contributed by atoms with E-state index < -0.39 is 0 Å². The standard InChI is InChI=1S/C10H12ClN3/c1-7(4-12)8-2-3-9-10(11)13-6-14(9)5-8/h2-3,5-7H,4,12H2,1H3. The van der Waals surface area contributed by atoms with Crippen molar-refractivity contribution in [2.45, 2.75) is 12.8 Å². The highest BCUT2D eigenvalue weighted by atomic mass is 35.5. The van der Waals surface area contributed by atoms with Crippen LogP contribution in [-0.4, -0.2) is 15.9 Å². The van der Waals surface area contributed by atoms with Crippen LogP contribution in [0.3, 0.4) is 0 Å². The summed E-state index contributed by atoms with van der Waals surface area (Å²) >= 11 is 5.88. The molecule has 0 radical (unpaired) electrons. The van der Waals surface area contributed by atoms with Gasteiger partial charge in [-0.2, -0.15) is 0 Å². The van der Waals surface area contributed by atoms with Gasteiger partial charge in [0.05, 0.1) is 5.52 Å². The normalized spacial score (nSPS) is 13.4. The number of rotatable bonds is 2. The summed E-state index contributed by atoms with van der Waals surface area (Å²) in [5, 5.41) is 0.539. The third kappa shape index (κ3) is 1.49. The van der Waals surface area contributed by atoms with Gasteiger partial charge in [-0.15, -0.1) is 0 Å². The summed E-state index contributed by atoms with van der Waals surface area (Å²) in [6.45, 7) is 2.74. The van der Waals surface area contributed by atoms with Gasteiger partial charge in [0.25, 0.3) is 0 Å². The molecule has 1 atom stereocenters. The first-order chi connectivity index (χ1) is 6.72. The highest BCUT2D eigenvalue weighted by Crippen LogP contribution is 2.19. The van der Waals surface area contributed by atoms with Crippen molar-refractivity contribution in [1.82, 2.24) is 9.38 Å². The molecule has 2 N–H and O–H groups in total. The molecule has 0 saturated heterocycles. The van der Waals surface area contributed by atoms with E-state index >= 15 is 0 Å². The van der Waals surface area contributed by atoms with Gasteiger partial charge in [-0.05, 0) is 24.1 Å². The third-order valence-corrected chi connectivity index (χ3v) is 2.72. The molecule has 0 saturated carbocycles. The van der Waals surface area contributed by atoms with Gasteiger partial charge in [0, 0.05) is 6.20 Å². The average Bonchev–Trinajstić information content (AvgIpc) is 2.59. The molecule has 0 bridgehead atoms. The Labute approximate surface area is 87.5 Å². The zero-order valence-corrected chi connectivity index (χ0v) is 8.70. The second-order valence-electron chi connectivity index (χ2n) is 3.43. The third-order valence-electron chi connectivity index (χ3n) is 2.43. The quantitative estimate of drug-likeness (QED) is 0.823. The molecule has 1 unspecified atom stereocenters. The molecule has 2 heterocycles. The molecule has 0 fully saturated rings. The summed E-state index contributed by atoms with van der Waals surface area (Å²) in [7, 11) is 0. The minimum Gasteiger partial charge on any atom is -0.330 e. The molecule has 2 rings (SSSR count). The van der Waals surface area contributed by atoms with Gasteiger partial charge in [0.2, 0.25) is 0 Å². The Balaban J connectivity index is 2.52. The lowest BCUT2D eigenvalue weighted by Crippen LogP contribution is -2.09. The van der Waals surface area contributed by atoms with Crippen LogP contribution in [0.4, 0.5) is 0 Å². The highest BCUT2D eigenvalue weighted by molar-refractivity contribution is 6.32. The molecule has 0 aliphatic heterocycles. The van der Waals surface area contributed by atoms with Crippen molar-refractivity contribution in [3.05, 3.63) is 35.4 Å². The Hall–Kier alpha value is -1.06. The Morgan fingerprint density at radius 1 is 1.57 bits per heavy atom. The molecule has 0 aliphatic rings. The minimum absolute atomic E-state index is 0.362. The van der Waals surface area contributed by atoms with E-state index in [2.05, 4.69) is 11.9 Å². The lowest BCUT2D eigenvalue weighted by Gasteiger charge is -2.08. The predicted molar refractivity (Wildman–Crippen MR) is 57.7 cm³/mol. The van der Waals surface area contributed by atoms with Crippen LogP contribution in [0.1, 0.15) is 18.4 Å².